The Hall–Kier alpha value is -3.33. The van der Waals surface area contributed by atoms with Gasteiger partial charge in [-0.2, -0.15) is 5.26 Å². The van der Waals surface area contributed by atoms with Crippen molar-refractivity contribution in [1.29, 1.82) is 5.26 Å². The number of nitrogens with zero attached hydrogens (tertiary/aromatic N) is 5. The van der Waals surface area contributed by atoms with Crippen LogP contribution < -0.4 is 18.7 Å². The van der Waals surface area contributed by atoms with Crippen LogP contribution in [0.3, 0.4) is 0 Å². The first-order valence-electron chi connectivity index (χ1n) is 13.1. The zero-order chi connectivity index (χ0) is 27.6. The molecule has 206 valence electrons. The van der Waals surface area contributed by atoms with E-state index in [1.165, 1.54) is 22.8 Å². The van der Waals surface area contributed by atoms with E-state index >= 15 is 0 Å². The van der Waals surface area contributed by atoms with Crippen molar-refractivity contribution in [3.63, 3.8) is 0 Å². The Kier molecular flexibility index (Phi) is 7.71. The Balaban J connectivity index is 1.54. The fourth-order valence-corrected chi connectivity index (χ4v) is 8.47. The van der Waals surface area contributed by atoms with E-state index in [4.69, 9.17) is 9.47 Å². The molecular formula is C28H33N5O4S2. The van der Waals surface area contributed by atoms with E-state index in [1.54, 1.807) is 49.0 Å². The van der Waals surface area contributed by atoms with Gasteiger partial charge in [-0.3, -0.25) is 4.90 Å². The molecule has 0 amide bonds. The molecular weight excluding hydrogens is 534 g/mol. The summed E-state index contributed by atoms with van der Waals surface area (Å²) in [5.41, 5.74) is 1.58. The molecule has 0 bridgehead atoms. The smallest absolute Gasteiger partial charge is 0.267 e. The average Bonchev–Trinajstić information content (AvgIpc) is 3.70. The van der Waals surface area contributed by atoms with Gasteiger partial charge in [0.2, 0.25) is 0 Å². The quantitative estimate of drug-likeness (QED) is 0.343. The topological polar surface area (TPSA) is 99.0 Å². The molecule has 0 unspecified atom stereocenters. The minimum Gasteiger partial charge on any atom is -0.497 e. The lowest BCUT2D eigenvalue weighted by molar-refractivity contribution is 0.188. The van der Waals surface area contributed by atoms with E-state index in [-0.39, 0.29) is 22.7 Å². The molecule has 2 aliphatic heterocycles. The number of hydrogen-bond donors (Lipinski definition) is 0. The fourth-order valence-electron chi connectivity index (χ4n) is 6.08. The zero-order valence-electron chi connectivity index (χ0n) is 22.5. The van der Waals surface area contributed by atoms with Crippen LogP contribution in [0, 0.1) is 11.3 Å². The van der Waals surface area contributed by atoms with Gasteiger partial charge in [0.15, 0.2) is 5.13 Å². The van der Waals surface area contributed by atoms with Crippen LogP contribution in [-0.2, 0) is 16.6 Å². The predicted molar refractivity (Wildman–Crippen MR) is 152 cm³/mol. The van der Waals surface area contributed by atoms with Gasteiger partial charge in [0, 0.05) is 48.5 Å². The number of aromatic nitrogens is 1. The minimum absolute atomic E-state index is 0.0191. The van der Waals surface area contributed by atoms with Gasteiger partial charge in [0.25, 0.3) is 10.0 Å². The van der Waals surface area contributed by atoms with Crippen LogP contribution in [0.4, 0.5) is 10.8 Å². The van der Waals surface area contributed by atoms with Crippen LogP contribution in [0.2, 0.25) is 0 Å². The highest BCUT2D eigenvalue weighted by atomic mass is 32.2. The van der Waals surface area contributed by atoms with Gasteiger partial charge in [0.1, 0.15) is 22.5 Å². The molecule has 3 aromatic rings. The normalized spacial score (nSPS) is 16.5. The lowest BCUT2D eigenvalue weighted by Crippen LogP contribution is -2.54. The van der Waals surface area contributed by atoms with Crippen molar-refractivity contribution >= 4 is 32.2 Å². The second-order valence-corrected chi connectivity index (χ2v) is 12.4. The zero-order valence-corrected chi connectivity index (χ0v) is 24.1. The summed E-state index contributed by atoms with van der Waals surface area (Å²) in [4.78, 5) is 9.15. The van der Waals surface area contributed by atoms with Gasteiger partial charge in [0.05, 0.1) is 32.0 Å². The molecule has 9 nitrogen and oxygen atoms in total. The molecule has 0 saturated carbocycles. The molecule has 11 heteroatoms. The number of thiazole rings is 1. The molecule has 0 N–H and O–H groups in total. The standard InChI is InChI=1S/C28H33N5O4S2/c1-4-32(28-11-5-14-31(28)15-6-12-28)23-8-10-26(22(17-23)19-29)39(34,35)33(27-30-13-16-38-27)20-21-7-9-24(36-2)18-25(21)37-3/h7-10,13,16-18H,4-6,11-12,14-15,20H2,1-3H3. The third-order valence-electron chi connectivity index (χ3n) is 7.82. The van der Waals surface area contributed by atoms with Crippen LogP contribution in [-0.4, -0.2) is 57.8 Å². The molecule has 0 spiro atoms. The Labute approximate surface area is 234 Å². The Bertz CT molecular complexity index is 1460. The number of hydrogen-bond acceptors (Lipinski definition) is 9. The van der Waals surface area contributed by atoms with Gasteiger partial charge < -0.3 is 14.4 Å². The average molecular weight is 568 g/mol. The van der Waals surface area contributed by atoms with E-state index in [0.717, 1.165) is 51.0 Å². The molecule has 2 aliphatic rings. The van der Waals surface area contributed by atoms with E-state index in [9.17, 15) is 13.7 Å². The lowest BCUT2D eigenvalue weighted by Gasteiger charge is -2.44. The second kappa shape index (κ2) is 11.0. The third-order valence-corrected chi connectivity index (χ3v) is 10.5. The Morgan fingerprint density at radius 3 is 2.51 bits per heavy atom. The van der Waals surface area contributed by atoms with E-state index < -0.39 is 10.0 Å². The summed E-state index contributed by atoms with van der Waals surface area (Å²) < 4.78 is 40.4. The summed E-state index contributed by atoms with van der Waals surface area (Å²) >= 11 is 1.22. The highest BCUT2D eigenvalue weighted by Crippen LogP contribution is 2.44. The first kappa shape index (κ1) is 27.2. The van der Waals surface area contributed by atoms with E-state index in [2.05, 4.69) is 27.8 Å². The van der Waals surface area contributed by atoms with Crippen molar-refractivity contribution in [3.8, 4) is 17.6 Å². The minimum atomic E-state index is -4.15. The maximum Gasteiger partial charge on any atom is 0.267 e. The van der Waals surface area contributed by atoms with E-state index in [0.29, 0.717) is 22.2 Å². The molecule has 2 fully saturated rings. The summed E-state index contributed by atoms with van der Waals surface area (Å²) in [5.74, 6) is 1.10. The Morgan fingerprint density at radius 2 is 1.90 bits per heavy atom. The summed E-state index contributed by atoms with van der Waals surface area (Å²) in [6, 6.07) is 12.6. The first-order valence-corrected chi connectivity index (χ1v) is 15.4. The largest absolute Gasteiger partial charge is 0.497 e. The number of fused-ring (bicyclic) bond motifs is 1. The molecule has 2 saturated heterocycles. The van der Waals surface area contributed by atoms with Gasteiger partial charge >= 0.3 is 0 Å². The van der Waals surface area contributed by atoms with Crippen molar-refractivity contribution in [2.24, 2.45) is 0 Å². The number of rotatable bonds is 10. The molecule has 0 atom stereocenters. The fraction of sp³-hybridized carbons (Fsp3) is 0.429. The summed E-state index contributed by atoms with van der Waals surface area (Å²) in [7, 11) is -1.06. The monoisotopic (exact) mass is 567 g/mol. The van der Waals surface area contributed by atoms with Crippen LogP contribution in [0.15, 0.2) is 52.9 Å². The lowest BCUT2D eigenvalue weighted by atomic mass is 10.0. The SMILES string of the molecule is CCN(c1ccc(S(=O)(=O)N(Cc2ccc(OC)cc2OC)c2nccs2)c(C#N)c1)C12CCCN1CCC2. The van der Waals surface area contributed by atoms with Crippen molar-refractivity contribution in [2.75, 3.05) is 43.1 Å². The summed E-state index contributed by atoms with van der Waals surface area (Å²) in [6.45, 7) is 5.02. The van der Waals surface area contributed by atoms with Crippen molar-refractivity contribution in [2.45, 2.75) is 49.7 Å². The van der Waals surface area contributed by atoms with Gasteiger partial charge in [-0.1, -0.05) is 0 Å². The van der Waals surface area contributed by atoms with Crippen molar-refractivity contribution < 1.29 is 17.9 Å². The maximum absolute atomic E-state index is 14.2. The van der Waals surface area contributed by atoms with E-state index in [1.807, 2.05) is 6.07 Å². The first-order chi connectivity index (χ1) is 18.9. The molecule has 1 aromatic heterocycles. The van der Waals surface area contributed by atoms with Crippen LogP contribution >= 0.6 is 11.3 Å². The molecule has 2 aromatic carbocycles. The number of anilines is 2. The number of methoxy groups -OCH3 is 2. The van der Waals surface area contributed by atoms with Crippen LogP contribution in [0.5, 0.6) is 11.5 Å². The molecule has 5 rings (SSSR count). The number of sulfonamides is 1. The van der Waals surface area contributed by atoms with Crippen LogP contribution in [0.25, 0.3) is 0 Å². The number of ether oxygens (including phenoxy) is 2. The highest BCUT2D eigenvalue weighted by molar-refractivity contribution is 7.93. The molecule has 39 heavy (non-hydrogen) atoms. The maximum atomic E-state index is 14.2. The molecule has 3 heterocycles. The van der Waals surface area contributed by atoms with Gasteiger partial charge in [-0.15, -0.1) is 11.3 Å². The van der Waals surface area contributed by atoms with Crippen LogP contribution in [0.1, 0.15) is 43.7 Å². The highest BCUT2D eigenvalue weighted by Gasteiger charge is 2.48. The predicted octanol–water partition coefficient (Wildman–Crippen LogP) is 4.84. The van der Waals surface area contributed by atoms with Gasteiger partial charge in [-0.25, -0.2) is 17.7 Å². The summed E-state index contributed by atoms with van der Waals surface area (Å²) in [6.07, 6.45) is 6.00. The number of nitriles is 1. The molecule has 0 radical (unpaired) electrons. The van der Waals surface area contributed by atoms with Gasteiger partial charge in [-0.05, 0) is 62.9 Å². The third kappa shape index (κ3) is 4.81. The number of benzene rings is 2. The molecule has 0 aliphatic carbocycles. The second-order valence-electron chi connectivity index (χ2n) is 9.72. The summed E-state index contributed by atoms with van der Waals surface area (Å²) in [5, 5.41) is 12.2. The Morgan fingerprint density at radius 1 is 1.13 bits per heavy atom. The van der Waals surface area contributed by atoms with Crippen molar-refractivity contribution in [3.05, 3.63) is 59.1 Å². The van der Waals surface area contributed by atoms with Crippen molar-refractivity contribution in [1.82, 2.24) is 9.88 Å².